The molecule has 2 aliphatic rings. The third kappa shape index (κ3) is 3.63. The molecule has 0 bridgehead atoms. The summed E-state index contributed by atoms with van der Waals surface area (Å²) in [5.74, 6) is -1.26. The SMILES string of the molecule is CN1Cc2cc(Nc3ccc(N4CCC(C(F)(F)F)CC4)cc3)cnc2C1=O. The number of carbonyl (C=O) groups is 1. The number of halogens is 3. The normalized spacial score (nSPS) is 17.8. The minimum absolute atomic E-state index is 0.0693. The fourth-order valence-corrected chi connectivity index (χ4v) is 3.79. The molecule has 1 fully saturated rings. The number of anilines is 3. The zero-order valence-electron chi connectivity index (χ0n) is 15.5. The summed E-state index contributed by atoms with van der Waals surface area (Å²) in [5, 5.41) is 3.26. The van der Waals surface area contributed by atoms with E-state index in [0.717, 1.165) is 22.6 Å². The first-order valence-corrected chi connectivity index (χ1v) is 9.24. The second kappa shape index (κ2) is 7.00. The third-order valence-electron chi connectivity index (χ3n) is 5.40. The van der Waals surface area contributed by atoms with Crippen LogP contribution in [0.1, 0.15) is 28.9 Å². The quantitative estimate of drug-likeness (QED) is 0.854. The average Bonchev–Trinajstić information content (AvgIpc) is 2.95. The van der Waals surface area contributed by atoms with Crippen LogP contribution >= 0.6 is 0 Å². The van der Waals surface area contributed by atoms with Crippen molar-refractivity contribution in [3.63, 3.8) is 0 Å². The van der Waals surface area contributed by atoms with Crippen molar-refractivity contribution in [3.05, 3.63) is 47.8 Å². The number of aromatic nitrogens is 1. The Kier molecular flexibility index (Phi) is 4.64. The monoisotopic (exact) mass is 390 g/mol. The zero-order valence-corrected chi connectivity index (χ0v) is 15.5. The number of fused-ring (bicyclic) bond motifs is 1. The Morgan fingerprint density at radius 2 is 1.79 bits per heavy atom. The van der Waals surface area contributed by atoms with Gasteiger partial charge in [0.25, 0.3) is 5.91 Å². The van der Waals surface area contributed by atoms with E-state index in [-0.39, 0.29) is 18.7 Å². The highest BCUT2D eigenvalue weighted by molar-refractivity contribution is 5.96. The summed E-state index contributed by atoms with van der Waals surface area (Å²) in [6.07, 6.45) is -2.19. The molecule has 148 valence electrons. The van der Waals surface area contributed by atoms with Gasteiger partial charge in [-0.15, -0.1) is 0 Å². The number of nitrogens with one attached hydrogen (secondary N) is 1. The van der Waals surface area contributed by atoms with E-state index in [9.17, 15) is 18.0 Å². The lowest BCUT2D eigenvalue weighted by atomic mass is 9.96. The Hall–Kier alpha value is -2.77. The summed E-state index contributed by atoms with van der Waals surface area (Å²) in [6.45, 7) is 1.37. The molecule has 28 heavy (non-hydrogen) atoms. The van der Waals surface area contributed by atoms with Crippen LogP contribution in [-0.4, -0.2) is 42.1 Å². The summed E-state index contributed by atoms with van der Waals surface area (Å²) >= 11 is 0. The van der Waals surface area contributed by atoms with Gasteiger partial charge in [-0.1, -0.05) is 0 Å². The van der Waals surface area contributed by atoms with Crippen molar-refractivity contribution < 1.29 is 18.0 Å². The minimum Gasteiger partial charge on any atom is -0.372 e. The van der Waals surface area contributed by atoms with Gasteiger partial charge in [-0.3, -0.25) is 4.79 Å². The highest BCUT2D eigenvalue weighted by Crippen LogP contribution is 2.35. The van der Waals surface area contributed by atoms with Crippen LogP contribution < -0.4 is 10.2 Å². The highest BCUT2D eigenvalue weighted by atomic mass is 19.4. The lowest BCUT2D eigenvalue weighted by Gasteiger charge is -2.34. The summed E-state index contributed by atoms with van der Waals surface area (Å²) in [6, 6.07) is 9.54. The number of rotatable bonds is 3. The van der Waals surface area contributed by atoms with Crippen molar-refractivity contribution in [2.24, 2.45) is 5.92 Å². The molecule has 1 aromatic heterocycles. The molecule has 1 saturated heterocycles. The second-order valence-corrected chi connectivity index (χ2v) is 7.37. The smallest absolute Gasteiger partial charge is 0.372 e. The first kappa shape index (κ1) is 18.6. The molecule has 0 unspecified atom stereocenters. The van der Waals surface area contributed by atoms with Crippen molar-refractivity contribution in [1.29, 1.82) is 0 Å². The van der Waals surface area contributed by atoms with Gasteiger partial charge in [0, 0.05) is 43.6 Å². The fraction of sp³-hybridized carbons (Fsp3) is 0.400. The number of carbonyl (C=O) groups excluding carboxylic acids is 1. The zero-order chi connectivity index (χ0) is 19.9. The number of hydrogen-bond acceptors (Lipinski definition) is 4. The van der Waals surface area contributed by atoms with Crippen molar-refractivity contribution in [3.8, 4) is 0 Å². The molecule has 4 rings (SSSR count). The van der Waals surface area contributed by atoms with Crippen LogP contribution in [0, 0.1) is 5.92 Å². The maximum atomic E-state index is 12.8. The van der Waals surface area contributed by atoms with E-state index in [4.69, 9.17) is 0 Å². The Balaban J connectivity index is 1.40. The number of alkyl halides is 3. The molecule has 2 aliphatic heterocycles. The van der Waals surface area contributed by atoms with Gasteiger partial charge in [-0.25, -0.2) is 4.98 Å². The number of nitrogens with zero attached hydrogens (tertiary/aromatic N) is 3. The van der Waals surface area contributed by atoms with E-state index in [1.54, 1.807) is 18.1 Å². The lowest BCUT2D eigenvalue weighted by Crippen LogP contribution is -2.38. The predicted octanol–water partition coefficient (Wildman–Crippen LogP) is 4.19. The van der Waals surface area contributed by atoms with E-state index in [0.29, 0.717) is 25.3 Å². The first-order chi connectivity index (χ1) is 13.3. The van der Waals surface area contributed by atoms with Crippen molar-refractivity contribution in [2.45, 2.75) is 25.6 Å². The molecule has 5 nitrogen and oxygen atoms in total. The van der Waals surface area contributed by atoms with Gasteiger partial charge in [0.05, 0.1) is 17.8 Å². The topological polar surface area (TPSA) is 48.5 Å². The number of pyridine rings is 1. The number of piperidine rings is 1. The first-order valence-electron chi connectivity index (χ1n) is 9.24. The average molecular weight is 390 g/mol. The van der Waals surface area contributed by atoms with Crippen LogP contribution in [0.15, 0.2) is 36.5 Å². The number of amides is 1. The van der Waals surface area contributed by atoms with Gasteiger partial charge >= 0.3 is 6.18 Å². The van der Waals surface area contributed by atoms with Crippen molar-refractivity contribution in [2.75, 3.05) is 30.4 Å². The van der Waals surface area contributed by atoms with Gasteiger partial charge in [0.1, 0.15) is 5.69 Å². The Morgan fingerprint density at radius 1 is 1.11 bits per heavy atom. The van der Waals surface area contributed by atoms with Crippen LogP contribution in [-0.2, 0) is 6.54 Å². The molecule has 2 aromatic rings. The molecule has 1 amide bonds. The maximum absolute atomic E-state index is 12.8. The van der Waals surface area contributed by atoms with Gasteiger partial charge in [0.15, 0.2) is 0 Å². The summed E-state index contributed by atoms with van der Waals surface area (Å²) in [4.78, 5) is 19.8. The Labute approximate surface area is 161 Å². The molecule has 1 aromatic carbocycles. The van der Waals surface area contributed by atoms with Gasteiger partial charge < -0.3 is 15.1 Å². The molecule has 8 heteroatoms. The minimum atomic E-state index is -4.09. The lowest BCUT2D eigenvalue weighted by molar-refractivity contribution is -0.179. The molecule has 0 saturated carbocycles. The van der Waals surface area contributed by atoms with Gasteiger partial charge in [0.2, 0.25) is 0 Å². The van der Waals surface area contributed by atoms with Crippen LogP contribution in [0.25, 0.3) is 0 Å². The predicted molar refractivity (Wildman–Crippen MR) is 101 cm³/mol. The third-order valence-corrected chi connectivity index (χ3v) is 5.40. The molecule has 1 N–H and O–H groups in total. The second-order valence-electron chi connectivity index (χ2n) is 7.37. The molecule has 0 aliphatic carbocycles. The summed E-state index contributed by atoms with van der Waals surface area (Å²) in [7, 11) is 1.74. The van der Waals surface area contributed by atoms with Crippen LogP contribution in [0.5, 0.6) is 0 Å². The molecule has 0 radical (unpaired) electrons. The van der Waals surface area contributed by atoms with E-state index in [1.807, 2.05) is 35.2 Å². The van der Waals surface area contributed by atoms with Crippen LogP contribution in [0.2, 0.25) is 0 Å². The van der Waals surface area contributed by atoms with E-state index >= 15 is 0 Å². The molecule has 0 spiro atoms. The maximum Gasteiger partial charge on any atom is 0.391 e. The van der Waals surface area contributed by atoms with E-state index in [1.165, 1.54) is 0 Å². The van der Waals surface area contributed by atoms with Crippen molar-refractivity contribution in [1.82, 2.24) is 9.88 Å². The standard InChI is InChI=1S/C20H21F3N4O/c1-26-12-13-10-16(11-24-18(13)19(26)28)25-15-2-4-17(5-3-15)27-8-6-14(7-9-27)20(21,22)23/h2-5,10-11,14,25H,6-9,12H2,1H3. The largest absolute Gasteiger partial charge is 0.391 e. The number of benzene rings is 1. The summed E-state index contributed by atoms with van der Waals surface area (Å²) in [5.41, 5.74) is 3.95. The fourth-order valence-electron chi connectivity index (χ4n) is 3.79. The molecule has 3 heterocycles. The Morgan fingerprint density at radius 3 is 2.43 bits per heavy atom. The van der Waals surface area contributed by atoms with Crippen LogP contribution in [0.3, 0.4) is 0 Å². The Bertz CT molecular complexity index is 874. The number of hydrogen-bond donors (Lipinski definition) is 1. The molecular weight excluding hydrogens is 369 g/mol. The highest BCUT2D eigenvalue weighted by Gasteiger charge is 2.41. The van der Waals surface area contributed by atoms with Crippen molar-refractivity contribution >= 4 is 23.0 Å². The molecular formula is C20H21F3N4O. The van der Waals surface area contributed by atoms with Gasteiger partial charge in [-0.2, -0.15) is 13.2 Å². The summed E-state index contributed by atoms with van der Waals surface area (Å²) < 4.78 is 38.4. The van der Waals surface area contributed by atoms with Crippen LogP contribution in [0.4, 0.5) is 30.2 Å². The van der Waals surface area contributed by atoms with E-state index < -0.39 is 12.1 Å². The van der Waals surface area contributed by atoms with Gasteiger partial charge in [-0.05, 0) is 43.2 Å². The van der Waals surface area contributed by atoms with E-state index in [2.05, 4.69) is 10.3 Å². The molecule has 0 atom stereocenters.